The molecule has 2 rings (SSSR count). The van der Waals surface area contributed by atoms with E-state index in [-0.39, 0.29) is 42.8 Å². The van der Waals surface area contributed by atoms with Crippen LogP contribution in [0.1, 0.15) is 6.42 Å². The molecule has 9 heteroatoms. The quantitative estimate of drug-likeness (QED) is 0.659. The third kappa shape index (κ3) is 3.99. The van der Waals surface area contributed by atoms with E-state index in [0.717, 1.165) is 4.31 Å². The number of carbonyl (C=O) groups excluding carboxylic acids is 2. The van der Waals surface area contributed by atoms with E-state index in [1.807, 2.05) is 0 Å². The van der Waals surface area contributed by atoms with Crippen molar-refractivity contribution >= 4 is 40.2 Å². The number of anilines is 1. The van der Waals surface area contributed by atoms with E-state index < -0.39 is 10.0 Å². The minimum Gasteiger partial charge on any atom is -0.354 e. The highest BCUT2D eigenvalue weighted by Crippen LogP contribution is 2.20. The second-order valence-electron chi connectivity index (χ2n) is 4.74. The molecular formula is C13H17N3O4S2. The van der Waals surface area contributed by atoms with Gasteiger partial charge in [0.15, 0.2) is 0 Å². The Morgan fingerprint density at radius 1 is 1.41 bits per heavy atom. The topological polar surface area (TPSA) is 95.6 Å². The lowest BCUT2D eigenvalue weighted by Gasteiger charge is -2.26. The van der Waals surface area contributed by atoms with Crippen LogP contribution in [0, 0.1) is 0 Å². The number of piperazine rings is 1. The van der Waals surface area contributed by atoms with E-state index in [1.54, 1.807) is 12.1 Å². The molecular weight excluding hydrogens is 326 g/mol. The highest BCUT2D eigenvalue weighted by molar-refractivity contribution is 7.89. The number of sulfonamides is 1. The highest BCUT2D eigenvalue weighted by Gasteiger charge is 2.29. The summed E-state index contributed by atoms with van der Waals surface area (Å²) in [6.07, 6.45) is 0.242. The first kappa shape index (κ1) is 16.8. The Bertz CT molecular complexity index is 676. The Balaban J connectivity index is 2.20. The minimum atomic E-state index is -3.76. The van der Waals surface area contributed by atoms with Crippen LogP contribution in [0.4, 0.5) is 5.69 Å². The third-order valence-electron chi connectivity index (χ3n) is 3.10. The standard InChI is InChI=1S/C13H17N3O4S2/c17-12(4-7-21)15-10-2-1-3-11(8-10)22(19,20)16-6-5-14-13(18)9-16/h1-3,8,21H,4-7,9H2,(H,14,18)(H,15,17). The average Bonchev–Trinajstić information content (AvgIpc) is 2.47. The Morgan fingerprint density at radius 2 is 2.18 bits per heavy atom. The molecule has 7 nitrogen and oxygen atoms in total. The smallest absolute Gasteiger partial charge is 0.243 e. The molecule has 1 saturated heterocycles. The van der Waals surface area contributed by atoms with Crippen molar-refractivity contribution in [2.75, 3.05) is 30.7 Å². The van der Waals surface area contributed by atoms with Crippen LogP contribution in [0.25, 0.3) is 0 Å². The van der Waals surface area contributed by atoms with Crippen LogP contribution in [-0.2, 0) is 19.6 Å². The van der Waals surface area contributed by atoms with Crippen molar-refractivity contribution in [3.8, 4) is 0 Å². The molecule has 1 aromatic rings. The zero-order chi connectivity index (χ0) is 16.2. The molecule has 1 aliphatic heterocycles. The van der Waals surface area contributed by atoms with Gasteiger partial charge in [0, 0.05) is 25.2 Å². The second kappa shape index (κ2) is 7.12. The first-order chi connectivity index (χ1) is 10.4. The van der Waals surface area contributed by atoms with Gasteiger partial charge in [0.2, 0.25) is 21.8 Å². The molecule has 2 N–H and O–H groups in total. The van der Waals surface area contributed by atoms with Gasteiger partial charge in [-0.3, -0.25) is 9.59 Å². The van der Waals surface area contributed by atoms with E-state index in [4.69, 9.17) is 0 Å². The Hall–Kier alpha value is -1.58. The number of amides is 2. The highest BCUT2D eigenvalue weighted by atomic mass is 32.2. The van der Waals surface area contributed by atoms with Crippen molar-refractivity contribution in [3.05, 3.63) is 24.3 Å². The first-order valence-electron chi connectivity index (χ1n) is 6.71. The second-order valence-corrected chi connectivity index (χ2v) is 7.12. The van der Waals surface area contributed by atoms with Crippen molar-refractivity contribution < 1.29 is 18.0 Å². The number of thiol groups is 1. The summed E-state index contributed by atoms with van der Waals surface area (Å²) in [7, 11) is -3.76. The van der Waals surface area contributed by atoms with Crippen LogP contribution >= 0.6 is 12.6 Å². The average molecular weight is 343 g/mol. The molecule has 0 radical (unpaired) electrons. The van der Waals surface area contributed by atoms with Crippen molar-refractivity contribution in [3.63, 3.8) is 0 Å². The van der Waals surface area contributed by atoms with Crippen molar-refractivity contribution in [2.24, 2.45) is 0 Å². The lowest BCUT2D eigenvalue weighted by molar-refractivity contribution is -0.122. The molecule has 1 heterocycles. The minimum absolute atomic E-state index is 0.0471. The summed E-state index contributed by atoms with van der Waals surface area (Å²) >= 11 is 3.97. The molecule has 1 aromatic carbocycles. The molecule has 22 heavy (non-hydrogen) atoms. The molecule has 1 aliphatic rings. The lowest BCUT2D eigenvalue weighted by atomic mass is 10.3. The maximum atomic E-state index is 12.5. The van der Waals surface area contributed by atoms with E-state index in [0.29, 0.717) is 11.4 Å². The molecule has 0 bridgehead atoms. The predicted molar refractivity (Wildman–Crippen MR) is 85.3 cm³/mol. The van der Waals surface area contributed by atoms with Crippen LogP contribution in [-0.4, -0.2) is 49.9 Å². The van der Waals surface area contributed by atoms with Crippen molar-refractivity contribution in [1.82, 2.24) is 9.62 Å². The first-order valence-corrected chi connectivity index (χ1v) is 8.78. The number of nitrogens with zero attached hydrogens (tertiary/aromatic N) is 1. The van der Waals surface area contributed by atoms with Gasteiger partial charge in [0.1, 0.15) is 0 Å². The molecule has 0 unspecified atom stereocenters. The van der Waals surface area contributed by atoms with Gasteiger partial charge in [-0.05, 0) is 24.0 Å². The Morgan fingerprint density at radius 3 is 2.86 bits per heavy atom. The fourth-order valence-electron chi connectivity index (χ4n) is 2.03. The van der Waals surface area contributed by atoms with Crippen LogP contribution in [0.5, 0.6) is 0 Å². The largest absolute Gasteiger partial charge is 0.354 e. The monoisotopic (exact) mass is 343 g/mol. The van der Waals surface area contributed by atoms with Gasteiger partial charge in [-0.2, -0.15) is 16.9 Å². The lowest BCUT2D eigenvalue weighted by Crippen LogP contribution is -2.49. The van der Waals surface area contributed by atoms with Crippen LogP contribution in [0.2, 0.25) is 0 Å². The van der Waals surface area contributed by atoms with Crippen molar-refractivity contribution in [1.29, 1.82) is 0 Å². The number of rotatable bonds is 5. The number of nitrogens with one attached hydrogen (secondary N) is 2. The molecule has 0 aromatic heterocycles. The summed E-state index contributed by atoms with van der Waals surface area (Å²) in [5.74, 6) is -0.151. The van der Waals surface area contributed by atoms with Gasteiger partial charge in [0.05, 0.1) is 11.4 Å². The Kier molecular flexibility index (Phi) is 5.43. The molecule has 0 atom stereocenters. The summed E-state index contributed by atoms with van der Waals surface area (Å²) in [6.45, 7) is 0.319. The fraction of sp³-hybridized carbons (Fsp3) is 0.385. The normalized spacial score (nSPS) is 16.1. The zero-order valence-corrected chi connectivity index (χ0v) is 13.5. The van der Waals surface area contributed by atoms with Gasteiger partial charge in [-0.25, -0.2) is 8.42 Å². The number of hydrogen-bond donors (Lipinski definition) is 3. The molecule has 2 amide bonds. The van der Waals surface area contributed by atoms with Gasteiger partial charge < -0.3 is 10.6 Å². The SMILES string of the molecule is O=C1CN(S(=O)(=O)c2cccc(NC(=O)CCS)c2)CCN1. The van der Waals surface area contributed by atoms with E-state index in [1.165, 1.54) is 12.1 Å². The van der Waals surface area contributed by atoms with Gasteiger partial charge in [0.25, 0.3) is 0 Å². The molecule has 0 aliphatic carbocycles. The van der Waals surface area contributed by atoms with Crippen LogP contribution in [0.3, 0.4) is 0 Å². The summed E-state index contributed by atoms with van der Waals surface area (Å²) in [6, 6.07) is 5.99. The van der Waals surface area contributed by atoms with Crippen LogP contribution < -0.4 is 10.6 Å². The van der Waals surface area contributed by atoms with E-state index in [2.05, 4.69) is 23.3 Å². The number of hydrogen-bond acceptors (Lipinski definition) is 5. The van der Waals surface area contributed by atoms with Gasteiger partial charge in [-0.15, -0.1) is 0 Å². The predicted octanol–water partition coefficient (Wildman–Crippen LogP) is 0.0655. The molecule has 1 fully saturated rings. The van der Waals surface area contributed by atoms with Gasteiger partial charge >= 0.3 is 0 Å². The van der Waals surface area contributed by atoms with E-state index in [9.17, 15) is 18.0 Å². The summed E-state index contributed by atoms with van der Waals surface area (Å²) in [4.78, 5) is 22.9. The number of carbonyl (C=O) groups is 2. The summed E-state index contributed by atoms with van der Waals surface area (Å²) in [5.41, 5.74) is 0.398. The summed E-state index contributed by atoms with van der Waals surface area (Å²) < 4.78 is 26.2. The zero-order valence-electron chi connectivity index (χ0n) is 11.8. The summed E-state index contributed by atoms with van der Waals surface area (Å²) in [5, 5.41) is 5.19. The maximum Gasteiger partial charge on any atom is 0.243 e. The third-order valence-corrected chi connectivity index (χ3v) is 5.16. The number of benzene rings is 1. The molecule has 120 valence electrons. The molecule has 0 spiro atoms. The Labute approximate surface area is 134 Å². The maximum absolute atomic E-state index is 12.5. The van der Waals surface area contributed by atoms with Gasteiger partial charge in [-0.1, -0.05) is 6.07 Å². The van der Waals surface area contributed by atoms with Crippen LogP contribution in [0.15, 0.2) is 29.2 Å². The van der Waals surface area contributed by atoms with Crippen molar-refractivity contribution in [2.45, 2.75) is 11.3 Å². The fourth-order valence-corrected chi connectivity index (χ4v) is 3.68. The van der Waals surface area contributed by atoms with E-state index >= 15 is 0 Å². The molecule has 0 saturated carbocycles.